The molecule has 0 N–H and O–H groups in total. The van der Waals surface area contributed by atoms with Gasteiger partial charge in [0.05, 0.1) is 0 Å². The van der Waals surface area contributed by atoms with Gasteiger partial charge >= 0.3 is 26.2 Å². The van der Waals surface area contributed by atoms with Crippen LogP contribution in [0.1, 0.15) is 27.8 Å². The molecule has 0 saturated heterocycles. The molecule has 0 unspecified atom stereocenters. The van der Waals surface area contributed by atoms with Crippen LogP contribution in [0, 0.1) is 27.7 Å². The van der Waals surface area contributed by atoms with Crippen molar-refractivity contribution in [1.82, 2.24) is 0 Å². The molecule has 0 aliphatic rings. The molecule has 3 aromatic rings. The van der Waals surface area contributed by atoms with Crippen molar-refractivity contribution in [2.24, 2.45) is 0 Å². The number of alkyl halides is 1. The second-order valence-electron chi connectivity index (χ2n) is 5.40. The van der Waals surface area contributed by atoms with E-state index in [1.165, 1.54) is 27.8 Å². The molecule has 0 nitrogen and oxygen atoms in total. The van der Waals surface area contributed by atoms with E-state index in [1.807, 2.05) is 30.3 Å². The summed E-state index contributed by atoms with van der Waals surface area (Å²) in [7, 11) is 0. The fourth-order valence-corrected chi connectivity index (χ4v) is 1.94. The van der Waals surface area contributed by atoms with Gasteiger partial charge in [-0.05, 0) is 5.56 Å². The molecule has 2 heteroatoms. The molecule has 0 fully saturated rings. The van der Waals surface area contributed by atoms with Crippen molar-refractivity contribution in [1.29, 1.82) is 0 Å². The zero-order chi connectivity index (χ0) is 16.4. The Balaban J connectivity index is 0.000000310. The maximum atomic E-state index is 5.53. The minimum atomic E-state index is 0. The van der Waals surface area contributed by atoms with Crippen LogP contribution in [0.25, 0.3) is 0 Å². The molecule has 0 atom stereocenters. The number of hydrogen-bond donors (Lipinski definition) is 0. The third-order valence-corrected chi connectivity index (χ3v) is 3.93. The topological polar surface area (TPSA) is 0 Å². The van der Waals surface area contributed by atoms with Crippen LogP contribution in [0.2, 0.25) is 0 Å². The first kappa shape index (κ1) is 22.1. The molecule has 0 saturated carbocycles. The Labute approximate surface area is 165 Å². The van der Waals surface area contributed by atoms with E-state index in [2.05, 4.69) is 64.1 Å². The van der Waals surface area contributed by atoms with Gasteiger partial charge in [-0.2, -0.15) is 34.4 Å². The van der Waals surface area contributed by atoms with Crippen LogP contribution in [0.4, 0.5) is 0 Å². The fraction of sp³-hybridized carbons (Fsp3) is 0.238. The van der Waals surface area contributed by atoms with Crippen LogP contribution in [-0.4, -0.2) is 0 Å². The minimum absolute atomic E-state index is 0. The van der Waals surface area contributed by atoms with Crippen molar-refractivity contribution in [2.75, 3.05) is 0 Å². The summed E-state index contributed by atoms with van der Waals surface area (Å²) in [6, 6.07) is 22.6. The molecule has 3 aromatic carbocycles. The number of rotatable bonds is 1. The molecular formula is C21H25ClZr. The number of aryl methyl sites for hydroxylation is 4. The zero-order valence-corrected chi connectivity index (χ0v) is 17.6. The van der Waals surface area contributed by atoms with Crippen molar-refractivity contribution in [3.63, 3.8) is 0 Å². The maximum Gasteiger partial charge on any atom is 2.00 e. The monoisotopic (exact) mass is 402 g/mol. The zero-order valence-electron chi connectivity index (χ0n) is 14.4. The molecule has 3 rings (SSSR count). The summed E-state index contributed by atoms with van der Waals surface area (Å²) in [5.74, 6) is 0.612. The molecule has 0 heterocycles. The average Bonchev–Trinajstić information content (AvgIpc) is 3.10. The summed E-state index contributed by atoms with van der Waals surface area (Å²) in [6.45, 7) is 8.48. The normalized spacial score (nSPS) is 8.91. The second-order valence-corrected chi connectivity index (χ2v) is 5.67. The van der Waals surface area contributed by atoms with E-state index in [4.69, 9.17) is 11.6 Å². The standard InChI is InChI=1S/C7H7Cl.2C7H9.Zr/c8-6-7-4-2-1-3-5-7;2*1-6-4-3-5-7(6)2;/h1-5H,6H2;2*3-5H,1-2H3;/q;2*-1;+2. The van der Waals surface area contributed by atoms with Crippen molar-refractivity contribution >= 4 is 11.6 Å². The summed E-state index contributed by atoms with van der Waals surface area (Å²) in [5.41, 5.74) is 6.73. The van der Waals surface area contributed by atoms with Crippen LogP contribution in [0.5, 0.6) is 0 Å². The van der Waals surface area contributed by atoms with Crippen LogP contribution >= 0.6 is 11.6 Å². The first-order valence-electron chi connectivity index (χ1n) is 7.52. The fourth-order valence-electron chi connectivity index (χ4n) is 1.77. The predicted octanol–water partition coefficient (Wildman–Crippen LogP) is 6.47. The molecular weight excluding hydrogens is 379 g/mol. The van der Waals surface area contributed by atoms with Gasteiger partial charge in [0, 0.05) is 5.88 Å². The summed E-state index contributed by atoms with van der Waals surface area (Å²) < 4.78 is 0. The quantitative estimate of drug-likeness (QED) is 0.322. The average molecular weight is 404 g/mol. The van der Waals surface area contributed by atoms with Crippen molar-refractivity contribution in [2.45, 2.75) is 33.6 Å². The molecule has 0 spiro atoms. The summed E-state index contributed by atoms with van der Waals surface area (Å²) in [6.07, 6.45) is 0. The van der Waals surface area contributed by atoms with E-state index in [0.29, 0.717) is 5.88 Å². The van der Waals surface area contributed by atoms with Crippen LogP contribution < -0.4 is 0 Å². The minimum Gasteiger partial charge on any atom is -0.213 e. The van der Waals surface area contributed by atoms with Crippen molar-refractivity contribution in [3.05, 3.63) is 94.5 Å². The number of hydrogen-bond acceptors (Lipinski definition) is 0. The first-order valence-corrected chi connectivity index (χ1v) is 8.05. The van der Waals surface area contributed by atoms with E-state index < -0.39 is 0 Å². The molecule has 23 heavy (non-hydrogen) atoms. The molecule has 0 amide bonds. The third-order valence-electron chi connectivity index (χ3n) is 3.63. The van der Waals surface area contributed by atoms with E-state index in [9.17, 15) is 0 Å². The van der Waals surface area contributed by atoms with E-state index >= 15 is 0 Å². The summed E-state index contributed by atoms with van der Waals surface area (Å²) in [5, 5.41) is 0. The molecule has 120 valence electrons. The van der Waals surface area contributed by atoms with E-state index in [-0.39, 0.29) is 26.2 Å². The SMILES string of the molecule is Cc1ccc[c-]1C.Cc1ccc[c-]1C.ClCc1ccccc1.[Zr+2]. The third kappa shape index (κ3) is 9.08. The van der Waals surface area contributed by atoms with Gasteiger partial charge in [0.1, 0.15) is 0 Å². The van der Waals surface area contributed by atoms with E-state index in [0.717, 1.165) is 0 Å². The first-order chi connectivity index (χ1) is 10.5. The largest absolute Gasteiger partial charge is 2.00 e. The molecule has 0 aliphatic carbocycles. The Morgan fingerprint density at radius 1 is 0.739 bits per heavy atom. The predicted molar refractivity (Wildman–Crippen MR) is 99.0 cm³/mol. The Hall–Kier alpha value is -0.907. The van der Waals surface area contributed by atoms with Gasteiger partial charge in [0.25, 0.3) is 0 Å². The van der Waals surface area contributed by atoms with Gasteiger partial charge in [-0.15, -0.1) is 11.6 Å². The van der Waals surface area contributed by atoms with Gasteiger partial charge < -0.3 is 0 Å². The number of halogens is 1. The second kappa shape index (κ2) is 12.5. The van der Waals surface area contributed by atoms with Gasteiger partial charge in [-0.3, -0.25) is 0 Å². The Bertz CT molecular complexity index is 563. The molecule has 0 aromatic heterocycles. The van der Waals surface area contributed by atoms with Gasteiger partial charge in [-0.1, -0.05) is 58.0 Å². The van der Waals surface area contributed by atoms with Gasteiger partial charge in [0.15, 0.2) is 0 Å². The molecule has 0 radical (unpaired) electrons. The van der Waals surface area contributed by atoms with Gasteiger partial charge in [0.2, 0.25) is 0 Å². The van der Waals surface area contributed by atoms with Gasteiger partial charge in [-0.25, -0.2) is 24.3 Å². The molecule has 0 bridgehead atoms. The van der Waals surface area contributed by atoms with Crippen LogP contribution in [0.15, 0.2) is 66.7 Å². The maximum absolute atomic E-state index is 5.53. The van der Waals surface area contributed by atoms with Crippen molar-refractivity contribution in [3.8, 4) is 0 Å². The Morgan fingerprint density at radius 3 is 1.35 bits per heavy atom. The van der Waals surface area contributed by atoms with Crippen LogP contribution in [0.3, 0.4) is 0 Å². The smallest absolute Gasteiger partial charge is 0.213 e. The Kier molecular flexibility index (Phi) is 12.0. The van der Waals surface area contributed by atoms with E-state index in [1.54, 1.807) is 0 Å². The van der Waals surface area contributed by atoms with Crippen molar-refractivity contribution < 1.29 is 26.2 Å². The van der Waals surface area contributed by atoms with Crippen LogP contribution in [-0.2, 0) is 32.1 Å². The molecule has 0 aliphatic heterocycles. The summed E-state index contributed by atoms with van der Waals surface area (Å²) >= 11 is 5.53. The number of benzene rings is 1. The Morgan fingerprint density at radius 2 is 1.17 bits per heavy atom. The summed E-state index contributed by atoms with van der Waals surface area (Å²) in [4.78, 5) is 0.